The number of aryl methyl sites for hydroxylation is 1. The molecule has 0 amide bonds. The molecule has 1 saturated heterocycles. The van der Waals surface area contributed by atoms with Crippen LogP contribution in [-0.4, -0.2) is 58.8 Å². The van der Waals surface area contributed by atoms with Crippen LogP contribution >= 0.6 is 0 Å². The number of nitrogens with zero attached hydrogens (tertiary/aromatic N) is 4. The van der Waals surface area contributed by atoms with E-state index < -0.39 is 0 Å². The molecule has 0 saturated carbocycles. The van der Waals surface area contributed by atoms with Crippen LogP contribution in [0.4, 0.5) is 0 Å². The van der Waals surface area contributed by atoms with E-state index in [0.717, 1.165) is 19.5 Å². The molecule has 4 heteroatoms. The Kier molecular flexibility index (Phi) is 6.44. The van der Waals surface area contributed by atoms with Gasteiger partial charge in [-0.1, -0.05) is 30.3 Å². The van der Waals surface area contributed by atoms with Crippen LogP contribution in [0.3, 0.4) is 0 Å². The molecule has 1 aliphatic heterocycles. The van der Waals surface area contributed by atoms with Crippen molar-refractivity contribution in [3.05, 3.63) is 54.4 Å². The van der Waals surface area contributed by atoms with E-state index in [2.05, 4.69) is 52.3 Å². The smallest absolute Gasteiger partial charge is 0.0489 e. The summed E-state index contributed by atoms with van der Waals surface area (Å²) in [5.41, 5.74) is 1.45. The molecule has 0 bridgehead atoms. The number of aromatic nitrogens is 2. The Balaban J connectivity index is 1.39. The van der Waals surface area contributed by atoms with Crippen molar-refractivity contribution in [1.82, 2.24) is 19.6 Å². The molecule has 0 spiro atoms. The van der Waals surface area contributed by atoms with Crippen molar-refractivity contribution in [3.8, 4) is 0 Å². The van der Waals surface area contributed by atoms with Gasteiger partial charge in [0.25, 0.3) is 0 Å². The van der Waals surface area contributed by atoms with Gasteiger partial charge in [0.15, 0.2) is 0 Å². The Labute approximate surface area is 146 Å². The minimum Gasteiger partial charge on any atom is -0.302 e. The summed E-state index contributed by atoms with van der Waals surface area (Å²) in [5.74, 6) is 0. The summed E-state index contributed by atoms with van der Waals surface area (Å²) in [4.78, 5) is 5.20. The van der Waals surface area contributed by atoms with Gasteiger partial charge in [0.05, 0.1) is 0 Å². The lowest BCUT2D eigenvalue weighted by atomic mass is 10.0. The quantitative estimate of drug-likeness (QED) is 0.745. The van der Waals surface area contributed by atoms with Gasteiger partial charge in [-0.15, -0.1) is 0 Å². The van der Waals surface area contributed by atoms with E-state index in [0.29, 0.717) is 6.04 Å². The Bertz CT molecular complexity index is 567. The molecular formula is C20H30N4. The van der Waals surface area contributed by atoms with Crippen molar-refractivity contribution in [3.63, 3.8) is 0 Å². The van der Waals surface area contributed by atoms with Gasteiger partial charge in [-0.2, -0.15) is 5.10 Å². The summed E-state index contributed by atoms with van der Waals surface area (Å²) in [7, 11) is 2.29. The van der Waals surface area contributed by atoms with E-state index in [9.17, 15) is 0 Å². The first kappa shape index (κ1) is 17.2. The number of likely N-dealkylation sites (N-methyl/N-ethyl adjacent to an activating group) is 1. The molecule has 3 rings (SSSR count). The highest BCUT2D eigenvalue weighted by atomic mass is 15.3. The standard InChI is InChI=1S/C20H30N4/c1-22(13-7-16-24-15-6-12-21-24)20-10-5-14-23(18-20)17-11-19-8-3-2-4-9-19/h2-4,6,8-9,12,15,20H,5,7,10-11,13-14,16-18H2,1H3. The fraction of sp³-hybridized carbons (Fsp3) is 0.550. The third kappa shape index (κ3) is 5.18. The highest BCUT2D eigenvalue weighted by Crippen LogP contribution is 2.16. The maximum Gasteiger partial charge on any atom is 0.0489 e. The van der Waals surface area contributed by atoms with E-state index in [1.807, 2.05) is 23.1 Å². The number of piperidine rings is 1. The Morgan fingerprint density at radius 1 is 1.17 bits per heavy atom. The highest BCUT2D eigenvalue weighted by molar-refractivity contribution is 5.14. The number of hydrogen-bond donors (Lipinski definition) is 0. The van der Waals surface area contributed by atoms with Gasteiger partial charge in [0.1, 0.15) is 0 Å². The van der Waals surface area contributed by atoms with Crippen molar-refractivity contribution in [2.75, 3.05) is 33.2 Å². The van der Waals surface area contributed by atoms with E-state index >= 15 is 0 Å². The van der Waals surface area contributed by atoms with Crippen molar-refractivity contribution in [2.24, 2.45) is 0 Å². The van der Waals surface area contributed by atoms with Gasteiger partial charge < -0.3 is 9.80 Å². The minimum atomic E-state index is 0.701. The van der Waals surface area contributed by atoms with Crippen molar-refractivity contribution >= 4 is 0 Å². The van der Waals surface area contributed by atoms with Crippen LogP contribution in [0.25, 0.3) is 0 Å². The largest absolute Gasteiger partial charge is 0.302 e. The van der Waals surface area contributed by atoms with Crippen molar-refractivity contribution in [2.45, 2.75) is 38.3 Å². The lowest BCUT2D eigenvalue weighted by Crippen LogP contribution is -2.47. The van der Waals surface area contributed by atoms with E-state index in [-0.39, 0.29) is 0 Å². The fourth-order valence-electron chi connectivity index (χ4n) is 3.62. The first-order valence-electron chi connectivity index (χ1n) is 9.25. The minimum absolute atomic E-state index is 0.701. The number of rotatable bonds is 8. The number of benzene rings is 1. The summed E-state index contributed by atoms with van der Waals surface area (Å²) in [6, 6.07) is 13.6. The molecule has 1 aromatic heterocycles. The first-order chi connectivity index (χ1) is 11.8. The second kappa shape index (κ2) is 9.00. The van der Waals surface area contributed by atoms with Gasteiger partial charge in [-0.3, -0.25) is 4.68 Å². The van der Waals surface area contributed by atoms with Gasteiger partial charge in [0.2, 0.25) is 0 Å². The predicted molar refractivity (Wildman–Crippen MR) is 99.1 cm³/mol. The van der Waals surface area contributed by atoms with Crippen LogP contribution in [-0.2, 0) is 13.0 Å². The summed E-state index contributed by atoms with van der Waals surface area (Å²) < 4.78 is 2.03. The Morgan fingerprint density at radius 2 is 2.04 bits per heavy atom. The second-order valence-electron chi connectivity index (χ2n) is 6.94. The molecule has 0 N–H and O–H groups in total. The SMILES string of the molecule is CN(CCCn1cccn1)C1CCCN(CCc2ccccc2)C1. The van der Waals surface area contributed by atoms with Crippen molar-refractivity contribution in [1.29, 1.82) is 0 Å². The van der Waals surface area contributed by atoms with Crippen LogP contribution in [0.1, 0.15) is 24.8 Å². The lowest BCUT2D eigenvalue weighted by molar-refractivity contribution is 0.115. The maximum atomic E-state index is 4.28. The monoisotopic (exact) mass is 326 g/mol. The summed E-state index contributed by atoms with van der Waals surface area (Å²) in [6.45, 7) is 5.82. The molecule has 2 heterocycles. The van der Waals surface area contributed by atoms with Crippen LogP contribution in [0.15, 0.2) is 48.8 Å². The molecule has 1 fully saturated rings. The zero-order chi connectivity index (χ0) is 16.6. The normalized spacial score (nSPS) is 19.0. The molecule has 1 aromatic carbocycles. The number of likely N-dealkylation sites (tertiary alicyclic amines) is 1. The van der Waals surface area contributed by atoms with E-state index in [1.165, 1.54) is 44.5 Å². The van der Waals surface area contributed by atoms with Crippen LogP contribution in [0, 0.1) is 0 Å². The second-order valence-corrected chi connectivity index (χ2v) is 6.94. The zero-order valence-electron chi connectivity index (χ0n) is 14.8. The zero-order valence-corrected chi connectivity index (χ0v) is 14.8. The molecule has 1 unspecified atom stereocenters. The van der Waals surface area contributed by atoms with Crippen LogP contribution in [0.5, 0.6) is 0 Å². The third-order valence-corrected chi connectivity index (χ3v) is 5.12. The molecule has 130 valence electrons. The highest BCUT2D eigenvalue weighted by Gasteiger charge is 2.22. The molecule has 24 heavy (non-hydrogen) atoms. The van der Waals surface area contributed by atoms with E-state index in [4.69, 9.17) is 0 Å². The van der Waals surface area contributed by atoms with Gasteiger partial charge in [-0.05, 0) is 57.5 Å². The third-order valence-electron chi connectivity index (χ3n) is 5.12. The molecule has 2 aromatic rings. The van der Waals surface area contributed by atoms with Crippen LogP contribution < -0.4 is 0 Å². The molecule has 1 atom stereocenters. The fourth-order valence-corrected chi connectivity index (χ4v) is 3.62. The van der Waals surface area contributed by atoms with Crippen LogP contribution in [0.2, 0.25) is 0 Å². The average Bonchev–Trinajstić information content (AvgIpc) is 3.14. The maximum absolute atomic E-state index is 4.28. The van der Waals surface area contributed by atoms with Crippen molar-refractivity contribution < 1.29 is 0 Å². The Hall–Kier alpha value is -1.65. The Morgan fingerprint density at radius 3 is 2.83 bits per heavy atom. The predicted octanol–water partition coefficient (Wildman–Crippen LogP) is 2.91. The summed E-state index contributed by atoms with van der Waals surface area (Å²) in [6.07, 6.45) is 8.89. The van der Waals surface area contributed by atoms with E-state index in [1.54, 1.807) is 0 Å². The van der Waals surface area contributed by atoms with Gasteiger partial charge in [-0.25, -0.2) is 0 Å². The molecule has 0 aliphatic carbocycles. The molecule has 0 radical (unpaired) electrons. The van der Waals surface area contributed by atoms with Gasteiger partial charge in [0, 0.05) is 38.1 Å². The first-order valence-corrected chi connectivity index (χ1v) is 9.25. The summed E-state index contributed by atoms with van der Waals surface area (Å²) >= 11 is 0. The molecular weight excluding hydrogens is 296 g/mol. The average molecular weight is 326 g/mol. The van der Waals surface area contributed by atoms with Gasteiger partial charge >= 0.3 is 0 Å². The lowest BCUT2D eigenvalue weighted by Gasteiger charge is -2.37. The number of hydrogen-bond acceptors (Lipinski definition) is 3. The molecule has 4 nitrogen and oxygen atoms in total. The summed E-state index contributed by atoms with van der Waals surface area (Å²) in [5, 5.41) is 4.28. The molecule has 1 aliphatic rings. The topological polar surface area (TPSA) is 24.3 Å².